The average molecular weight is 237 g/mol. The Morgan fingerprint density at radius 2 is 2.19 bits per heavy atom. The number of aliphatic hydroxyl groups is 1. The summed E-state index contributed by atoms with van der Waals surface area (Å²) >= 11 is 1.88. The van der Waals surface area contributed by atoms with Crippen molar-refractivity contribution in [2.75, 3.05) is 12.4 Å². The van der Waals surface area contributed by atoms with E-state index in [2.05, 4.69) is 43.4 Å². The van der Waals surface area contributed by atoms with E-state index in [9.17, 15) is 5.11 Å². The third kappa shape index (κ3) is 2.12. The van der Waals surface area contributed by atoms with Crippen molar-refractivity contribution in [2.45, 2.75) is 36.7 Å². The monoisotopic (exact) mass is 237 g/mol. The van der Waals surface area contributed by atoms with Crippen LogP contribution in [0.5, 0.6) is 0 Å². The minimum absolute atomic E-state index is 0.169. The Bertz CT molecular complexity index is 367. The first kappa shape index (κ1) is 12.0. The molecule has 2 nitrogen and oxygen atoms in total. The maximum Gasteiger partial charge on any atom is 0.0689 e. The van der Waals surface area contributed by atoms with E-state index in [1.807, 2.05) is 11.8 Å². The Labute approximate surface area is 101 Å². The Balaban J connectivity index is 2.40. The van der Waals surface area contributed by atoms with Gasteiger partial charge in [0.1, 0.15) is 0 Å². The van der Waals surface area contributed by atoms with Crippen LogP contribution in [0.15, 0.2) is 29.2 Å². The molecule has 88 valence electrons. The molecule has 0 radical (unpaired) electrons. The van der Waals surface area contributed by atoms with Crippen molar-refractivity contribution in [2.24, 2.45) is 0 Å². The molecule has 0 saturated carbocycles. The van der Waals surface area contributed by atoms with Gasteiger partial charge < -0.3 is 10.4 Å². The average Bonchev–Trinajstić information content (AvgIpc) is 2.29. The van der Waals surface area contributed by atoms with Crippen LogP contribution < -0.4 is 5.32 Å². The van der Waals surface area contributed by atoms with Crippen molar-refractivity contribution >= 4 is 11.8 Å². The highest BCUT2D eigenvalue weighted by Crippen LogP contribution is 2.40. The van der Waals surface area contributed by atoms with Gasteiger partial charge in [0.25, 0.3) is 0 Å². The molecule has 0 bridgehead atoms. The van der Waals surface area contributed by atoms with Gasteiger partial charge in [0.2, 0.25) is 0 Å². The van der Waals surface area contributed by atoms with Crippen LogP contribution in [-0.4, -0.2) is 23.5 Å². The molecular formula is C13H19NOS. The van der Waals surface area contributed by atoms with Crippen LogP contribution in [0.2, 0.25) is 0 Å². The zero-order valence-corrected chi connectivity index (χ0v) is 10.7. The molecule has 0 fully saturated rings. The number of aliphatic hydroxyl groups excluding tert-OH is 1. The number of hydrogen-bond donors (Lipinski definition) is 2. The van der Waals surface area contributed by atoms with Crippen LogP contribution in [0.3, 0.4) is 0 Å². The fraction of sp³-hybridized carbons (Fsp3) is 0.538. The van der Waals surface area contributed by atoms with Crippen molar-refractivity contribution in [3.8, 4) is 0 Å². The Kier molecular flexibility index (Phi) is 3.57. The molecule has 1 unspecified atom stereocenters. The quantitative estimate of drug-likeness (QED) is 0.846. The van der Waals surface area contributed by atoms with Gasteiger partial charge in [0.05, 0.1) is 12.1 Å². The first-order valence-corrected chi connectivity index (χ1v) is 6.77. The SMILES string of the molecule is CC(C)NC1(CO)CCSc2ccccc21. The Morgan fingerprint density at radius 3 is 2.88 bits per heavy atom. The first-order chi connectivity index (χ1) is 7.68. The first-order valence-electron chi connectivity index (χ1n) is 5.79. The summed E-state index contributed by atoms with van der Waals surface area (Å²) in [7, 11) is 0. The molecule has 1 atom stereocenters. The molecule has 0 saturated heterocycles. The van der Waals surface area contributed by atoms with E-state index >= 15 is 0 Å². The molecular weight excluding hydrogens is 218 g/mol. The van der Waals surface area contributed by atoms with E-state index in [-0.39, 0.29) is 12.1 Å². The molecule has 0 aliphatic carbocycles. The van der Waals surface area contributed by atoms with Gasteiger partial charge >= 0.3 is 0 Å². The van der Waals surface area contributed by atoms with Crippen molar-refractivity contribution in [3.05, 3.63) is 29.8 Å². The standard InChI is InChI=1S/C13H19NOS/c1-10(2)14-13(9-15)7-8-16-12-6-4-3-5-11(12)13/h3-6,10,14-15H,7-9H2,1-2H3. The van der Waals surface area contributed by atoms with Crippen molar-refractivity contribution in [3.63, 3.8) is 0 Å². The van der Waals surface area contributed by atoms with Crippen LogP contribution in [0.1, 0.15) is 25.8 Å². The van der Waals surface area contributed by atoms with Crippen molar-refractivity contribution in [1.82, 2.24) is 5.32 Å². The zero-order chi connectivity index (χ0) is 11.6. The van der Waals surface area contributed by atoms with Gasteiger partial charge in [0.15, 0.2) is 0 Å². The summed E-state index contributed by atoms with van der Waals surface area (Å²) in [6, 6.07) is 8.77. The Morgan fingerprint density at radius 1 is 1.44 bits per heavy atom. The smallest absolute Gasteiger partial charge is 0.0689 e. The van der Waals surface area contributed by atoms with Crippen LogP contribution in [0.25, 0.3) is 0 Å². The minimum atomic E-state index is -0.240. The number of benzene rings is 1. The molecule has 0 aromatic heterocycles. The highest BCUT2D eigenvalue weighted by atomic mass is 32.2. The number of nitrogens with one attached hydrogen (secondary N) is 1. The molecule has 1 aliphatic rings. The minimum Gasteiger partial charge on any atom is -0.394 e. The van der Waals surface area contributed by atoms with Crippen LogP contribution in [0.4, 0.5) is 0 Å². The number of fused-ring (bicyclic) bond motifs is 1. The number of hydrogen-bond acceptors (Lipinski definition) is 3. The molecule has 3 heteroatoms. The normalized spacial score (nSPS) is 24.5. The Hall–Kier alpha value is -0.510. The molecule has 1 aromatic carbocycles. The number of rotatable bonds is 3. The molecule has 2 rings (SSSR count). The summed E-state index contributed by atoms with van der Waals surface area (Å²) in [6.45, 7) is 4.42. The van der Waals surface area contributed by atoms with Gasteiger partial charge in [-0.25, -0.2) is 0 Å². The lowest BCUT2D eigenvalue weighted by molar-refractivity contribution is 0.143. The second kappa shape index (κ2) is 4.78. The summed E-state index contributed by atoms with van der Waals surface area (Å²) in [4.78, 5) is 1.30. The van der Waals surface area contributed by atoms with Crippen LogP contribution in [0, 0.1) is 0 Å². The van der Waals surface area contributed by atoms with E-state index in [1.54, 1.807) is 0 Å². The topological polar surface area (TPSA) is 32.3 Å². The van der Waals surface area contributed by atoms with Gasteiger partial charge in [-0.1, -0.05) is 18.2 Å². The summed E-state index contributed by atoms with van der Waals surface area (Å²) in [5.74, 6) is 1.07. The molecule has 2 N–H and O–H groups in total. The third-order valence-corrected chi connectivity index (χ3v) is 4.10. The predicted molar refractivity (Wildman–Crippen MR) is 68.8 cm³/mol. The summed E-state index contributed by atoms with van der Waals surface area (Å²) in [5.41, 5.74) is 1.01. The van der Waals surface area contributed by atoms with Crippen molar-refractivity contribution < 1.29 is 5.11 Å². The maximum atomic E-state index is 9.77. The van der Waals surface area contributed by atoms with Gasteiger partial charge in [-0.2, -0.15) is 0 Å². The lowest BCUT2D eigenvalue weighted by atomic mass is 9.86. The fourth-order valence-corrected chi connectivity index (χ4v) is 3.63. The van der Waals surface area contributed by atoms with E-state index in [4.69, 9.17) is 0 Å². The molecule has 0 amide bonds. The summed E-state index contributed by atoms with van der Waals surface area (Å²) in [6.07, 6.45) is 0.989. The summed E-state index contributed by atoms with van der Waals surface area (Å²) in [5, 5.41) is 13.3. The second-order valence-electron chi connectivity index (χ2n) is 4.63. The predicted octanol–water partition coefficient (Wildman–Crippen LogP) is 2.37. The molecule has 1 aromatic rings. The maximum absolute atomic E-state index is 9.77. The van der Waals surface area contributed by atoms with Crippen LogP contribution in [-0.2, 0) is 5.54 Å². The highest BCUT2D eigenvalue weighted by molar-refractivity contribution is 7.99. The van der Waals surface area contributed by atoms with Gasteiger partial charge in [0, 0.05) is 16.7 Å². The van der Waals surface area contributed by atoms with Gasteiger partial charge in [-0.3, -0.25) is 0 Å². The van der Waals surface area contributed by atoms with E-state index < -0.39 is 0 Å². The van der Waals surface area contributed by atoms with Crippen molar-refractivity contribution in [1.29, 1.82) is 0 Å². The molecule has 0 spiro atoms. The van der Waals surface area contributed by atoms with Crippen LogP contribution >= 0.6 is 11.8 Å². The largest absolute Gasteiger partial charge is 0.394 e. The van der Waals surface area contributed by atoms with Gasteiger partial charge in [-0.05, 0) is 31.9 Å². The zero-order valence-electron chi connectivity index (χ0n) is 9.86. The highest BCUT2D eigenvalue weighted by Gasteiger charge is 2.36. The molecule has 1 aliphatic heterocycles. The summed E-state index contributed by atoms with van der Waals surface area (Å²) < 4.78 is 0. The lowest BCUT2D eigenvalue weighted by Crippen LogP contribution is -2.50. The lowest BCUT2D eigenvalue weighted by Gasteiger charge is -2.39. The van der Waals surface area contributed by atoms with Gasteiger partial charge in [-0.15, -0.1) is 11.8 Å². The van der Waals surface area contributed by atoms with E-state index in [0.29, 0.717) is 6.04 Å². The fourth-order valence-electron chi connectivity index (χ4n) is 2.37. The molecule has 1 heterocycles. The third-order valence-electron chi connectivity index (χ3n) is 3.02. The molecule has 16 heavy (non-hydrogen) atoms. The van der Waals surface area contributed by atoms with E-state index in [0.717, 1.165) is 12.2 Å². The second-order valence-corrected chi connectivity index (χ2v) is 5.77. The van der Waals surface area contributed by atoms with E-state index in [1.165, 1.54) is 10.5 Å². The number of thioether (sulfide) groups is 1.